The van der Waals surface area contributed by atoms with Gasteiger partial charge in [0.2, 0.25) is 11.8 Å². The number of anilines is 1. The van der Waals surface area contributed by atoms with Gasteiger partial charge in [0.1, 0.15) is 28.1 Å². The maximum Gasteiger partial charge on any atom is 0.320 e. The van der Waals surface area contributed by atoms with Gasteiger partial charge in [0, 0.05) is 30.3 Å². The molecule has 6 rings (SSSR count). The summed E-state index contributed by atoms with van der Waals surface area (Å²) >= 11 is 1.52. The van der Waals surface area contributed by atoms with Gasteiger partial charge in [-0.3, -0.25) is 19.7 Å². The van der Waals surface area contributed by atoms with Crippen molar-refractivity contribution >= 4 is 51.0 Å². The number of piperidine rings is 1. The molecule has 0 radical (unpaired) electrons. The summed E-state index contributed by atoms with van der Waals surface area (Å²) in [5, 5.41) is 9.21. The third kappa shape index (κ3) is 5.15. The lowest BCUT2D eigenvalue weighted by atomic mass is 9.97. The number of carbonyl (C=O) groups is 4. The molecular formula is C30H33N5O6S. The van der Waals surface area contributed by atoms with Crippen LogP contribution in [-0.2, 0) is 21.7 Å². The number of carbonyl (C=O) groups excluding carboxylic acids is 4. The van der Waals surface area contributed by atoms with E-state index in [2.05, 4.69) is 16.0 Å². The van der Waals surface area contributed by atoms with Gasteiger partial charge in [0.05, 0.1) is 24.0 Å². The molecule has 3 heterocycles. The van der Waals surface area contributed by atoms with Crippen molar-refractivity contribution in [3.63, 3.8) is 0 Å². The fourth-order valence-electron chi connectivity index (χ4n) is 5.68. The van der Waals surface area contributed by atoms with Gasteiger partial charge < -0.3 is 25.0 Å². The molecule has 0 spiro atoms. The Morgan fingerprint density at radius 2 is 2.00 bits per heavy atom. The Labute approximate surface area is 246 Å². The number of urea groups is 1. The minimum Gasteiger partial charge on any atom is -0.497 e. The van der Waals surface area contributed by atoms with Crippen LogP contribution in [0.4, 0.5) is 10.5 Å². The van der Waals surface area contributed by atoms with Gasteiger partial charge in [0.15, 0.2) is 0 Å². The van der Waals surface area contributed by atoms with Gasteiger partial charge in [-0.05, 0) is 68.4 Å². The first-order valence-electron chi connectivity index (χ1n) is 14.2. The van der Waals surface area contributed by atoms with Crippen molar-refractivity contribution in [3.05, 3.63) is 46.5 Å². The van der Waals surface area contributed by atoms with Crippen molar-refractivity contribution in [1.82, 2.24) is 20.5 Å². The number of amides is 5. The Balaban J connectivity index is 1.20. The van der Waals surface area contributed by atoms with Crippen molar-refractivity contribution in [1.29, 1.82) is 0 Å². The predicted octanol–water partition coefficient (Wildman–Crippen LogP) is 4.30. The summed E-state index contributed by atoms with van der Waals surface area (Å²) in [5.74, 6) is 0.551. The van der Waals surface area contributed by atoms with Gasteiger partial charge >= 0.3 is 6.03 Å². The Morgan fingerprint density at radius 1 is 1.19 bits per heavy atom. The number of methoxy groups -OCH3 is 1. The highest BCUT2D eigenvalue weighted by atomic mass is 32.1. The van der Waals surface area contributed by atoms with E-state index in [1.807, 2.05) is 26.0 Å². The first-order valence-corrected chi connectivity index (χ1v) is 15.0. The predicted molar refractivity (Wildman–Crippen MR) is 157 cm³/mol. The Morgan fingerprint density at radius 3 is 2.71 bits per heavy atom. The van der Waals surface area contributed by atoms with Crippen LogP contribution in [0.3, 0.4) is 0 Å². The molecule has 3 aliphatic rings. The monoisotopic (exact) mass is 591 g/mol. The summed E-state index contributed by atoms with van der Waals surface area (Å²) in [6, 6.07) is 7.81. The molecule has 12 heteroatoms. The molecule has 3 N–H and O–H groups in total. The van der Waals surface area contributed by atoms with Crippen LogP contribution >= 0.6 is 11.3 Å². The molecule has 2 aliphatic heterocycles. The Kier molecular flexibility index (Phi) is 7.25. The lowest BCUT2D eigenvalue weighted by Crippen LogP contribution is -2.52. The van der Waals surface area contributed by atoms with Crippen molar-refractivity contribution in [2.75, 3.05) is 19.0 Å². The van der Waals surface area contributed by atoms with E-state index in [0.717, 1.165) is 34.5 Å². The van der Waals surface area contributed by atoms with Gasteiger partial charge in [-0.1, -0.05) is 6.92 Å². The van der Waals surface area contributed by atoms with E-state index in [-0.39, 0.29) is 36.7 Å². The summed E-state index contributed by atoms with van der Waals surface area (Å²) in [5.41, 5.74) is 1.79. The number of hydrogen-bond acceptors (Lipinski definition) is 8. The van der Waals surface area contributed by atoms with Crippen LogP contribution in [0, 0.1) is 5.92 Å². The molecule has 2 fully saturated rings. The van der Waals surface area contributed by atoms with Crippen molar-refractivity contribution in [2.24, 2.45) is 5.92 Å². The number of nitrogens with one attached hydrogen (secondary N) is 3. The van der Waals surface area contributed by atoms with E-state index < -0.39 is 17.5 Å². The van der Waals surface area contributed by atoms with Crippen molar-refractivity contribution < 1.29 is 28.7 Å². The highest BCUT2D eigenvalue weighted by molar-refractivity contribution is 7.18. The topological polar surface area (TPSA) is 139 Å². The van der Waals surface area contributed by atoms with E-state index in [0.29, 0.717) is 41.3 Å². The van der Waals surface area contributed by atoms with Crippen LogP contribution < -0.4 is 25.4 Å². The second-order valence-corrected chi connectivity index (χ2v) is 12.2. The fourth-order valence-corrected chi connectivity index (χ4v) is 6.87. The van der Waals surface area contributed by atoms with E-state index >= 15 is 0 Å². The van der Waals surface area contributed by atoms with E-state index in [9.17, 15) is 19.2 Å². The molecule has 1 aromatic heterocycles. The fraction of sp³-hybridized carbons (Fsp3) is 0.433. The number of nitrogens with zero attached hydrogens (tertiary/aromatic N) is 2. The van der Waals surface area contributed by atoms with E-state index in [1.165, 1.54) is 16.2 Å². The van der Waals surface area contributed by atoms with E-state index in [1.54, 1.807) is 25.3 Å². The SMILES string of the molecule is CCCOc1cc(OC)cc2sc(C(C)(NC(=O)Nc3ccc4c(c3)CN(C3CCC(=O)NC3=O)C4=O)C3CC3)nc12. The van der Waals surface area contributed by atoms with Crippen LogP contribution in [0.1, 0.15) is 66.9 Å². The Hall–Kier alpha value is -4.19. The second kappa shape index (κ2) is 10.9. The smallest absolute Gasteiger partial charge is 0.320 e. The quantitative estimate of drug-likeness (QED) is 0.315. The maximum absolute atomic E-state index is 13.4. The normalized spacial score (nSPS) is 19.7. The summed E-state index contributed by atoms with van der Waals surface area (Å²) in [7, 11) is 1.62. The lowest BCUT2D eigenvalue weighted by Gasteiger charge is -2.29. The van der Waals surface area contributed by atoms with Gasteiger partial charge in [-0.15, -0.1) is 11.3 Å². The zero-order chi connectivity index (χ0) is 29.6. The number of imide groups is 1. The summed E-state index contributed by atoms with van der Waals surface area (Å²) < 4.78 is 12.4. The standard InChI is InChI=1S/C30H33N5O6S/c1-4-11-41-22-13-19(40-3)14-23-25(22)33-28(42-23)30(2,17-5-6-17)34-29(39)31-18-7-8-20-16(12-18)15-35(27(20)38)21-9-10-24(36)32-26(21)37/h7-8,12-14,17,21H,4-6,9-11,15H2,1-3H3,(H2,31,34,39)(H,32,36,37). The number of thiazole rings is 1. The van der Waals surface area contributed by atoms with Gasteiger partial charge in [-0.25, -0.2) is 9.78 Å². The largest absolute Gasteiger partial charge is 0.497 e. The van der Waals surface area contributed by atoms with Crippen LogP contribution in [0.5, 0.6) is 11.5 Å². The molecular weight excluding hydrogens is 558 g/mol. The number of fused-ring (bicyclic) bond motifs is 2. The van der Waals surface area contributed by atoms with Crippen LogP contribution in [0.2, 0.25) is 0 Å². The molecule has 42 heavy (non-hydrogen) atoms. The first kappa shape index (κ1) is 28.0. The molecule has 2 atom stereocenters. The zero-order valence-electron chi connectivity index (χ0n) is 23.7. The van der Waals surface area contributed by atoms with Crippen molar-refractivity contribution in [2.45, 2.75) is 64.1 Å². The second-order valence-electron chi connectivity index (χ2n) is 11.2. The number of ether oxygens (including phenoxy) is 2. The highest BCUT2D eigenvalue weighted by Crippen LogP contribution is 2.48. The molecule has 0 bridgehead atoms. The van der Waals surface area contributed by atoms with Crippen molar-refractivity contribution in [3.8, 4) is 11.5 Å². The molecule has 1 aliphatic carbocycles. The first-order chi connectivity index (χ1) is 20.2. The molecule has 11 nitrogen and oxygen atoms in total. The molecule has 5 amide bonds. The number of hydrogen-bond donors (Lipinski definition) is 3. The minimum absolute atomic E-state index is 0.193. The third-order valence-corrected chi connectivity index (χ3v) is 9.36. The highest BCUT2D eigenvalue weighted by Gasteiger charge is 2.46. The minimum atomic E-state index is -0.696. The summed E-state index contributed by atoms with van der Waals surface area (Å²) in [6.07, 6.45) is 3.31. The molecule has 1 saturated heterocycles. The molecule has 1 saturated carbocycles. The van der Waals surface area contributed by atoms with Crippen LogP contribution in [0.25, 0.3) is 10.2 Å². The van der Waals surface area contributed by atoms with E-state index in [4.69, 9.17) is 14.5 Å². The average Bonchev–Trinajstić information content (AvgIpc) is 3.66. The summed E-state index contributed by atoms with van der Waals surface area (Å²) in [4.78, 5) is 56.7. The number of aromatic nitrogens is 1. The third-order valence-electron chi connectivity index (χ3n) is 8.12. The molecule has 3 aromatic rings. The van der Waals surface area contributed by atoms with Gasteiger partial charge in [0.25, 0.3) is 5.91 Å². The lowest BCUT2D eigenvalue weighted by molar-refractivity contribution is -0.136. The average molecular weight is 592 g/mol. The summed E-state index contributed by atoms with van der Waals surface area (Å²) in [6.45, 7) is 4.84. The zero-order valence-corrected chi connectivity index (χ0v) is 24.6. The molecule has 2 aromatic carbocycles. The Bertz CT molecular complexity index is 1600. The molecule has 2 unspecified atom stereocenters. The van der Waals surface area contributed by atoms with Crippen LogP contribution in [0.15, 0.2) is 30.3 Å². The number of benzene rings is 2. The maximum atomic E-state index is 13.4. The number of rotatable bonds is 9. The molecule has 220 valence electrons. The van der Waals surface area contributed by atoms with Crippen LogP contribution in [-0.4, -0.2) is 53.4 Å². The van der Waals surface area contributed by atoms with Gasteiger partial charge in [-0.2, -0.15) is 0 Å².